The molecule has 5 nitrogen and oxygen atoms in total. The number of fused-ring (bicyclic) bond motifs is 1. The lowest BCUT2D eigenvalue weighted by atomic mass is 9.85. The van der Waals surface area contributed by atoms with E-state index in [-0.39, 0.29) is 17.6 Å². The van der Waals surface area contributed by atoms with E-state index in [0.717, 1.165) is 31.3 Å². The molecule has 1 unspecified atom stereocenters. The maximum absolute atomic E-state index is 13.7. The molecule has 2 saturated heterocycles. The predicted molar refractivity (Wildman–Crippen MR) is 122 cm³/mol. The molecule has 2 aromatic carbocycles. The predicted octanol–water partition coefficient (Wildman–Crippen LogP) is 4.16. The van der Waals surface area contributed by atoms with Crippen molar-refractivity contribution < 1.29 is 14.0 Å². The summed E-state index contributed by atoms with van der Waals surface area (Å²) < 4.78 is 15.5. The lowest BCUT2D eigenvalue weighted by Crippen LogP contribution is -2.61. The van der Waals surface area contributed by atoms with Crippen LogP contribution in [0.5, 0.6) is 0 Å². The fourth-order valence-corrected chi connectivity index (χ4v) is 5.51. The van der Waals surface area contributed by atoms with Crippen molar-refractivity contribution in [1.82, 2.24) is 14.4 Å². The molecule has 1 spiro atoms. The zero-order chi connectivity index (χ0) is 22.3. The molecule has 1 atom stereocenters. The van der Waals surface area contributed by atoms with Crippen molar-refractivity contribution in [3.8, 4) is 0 Å². The number of hydrogen-bond donors (Lipinski definition) is 0. The average molecular weight is 434 g/mol. The SMILES string of the molecule is Cn1c(C(=O)N2CCCC23CCCN(CCc2ccccc2)C3=O)cc2cc(F)ccc21. The fraction of sp³-hybridized carbons (Fsp3) is 0.385. The molecule has 1 aromatic heterocycles. The summed E-state index contributed by atoms with van der Waals surface area (Å²) in [4.78, 5) is 31.1. The number of hydrogen-bond acceptors (Lipinski definition) is 2. The molecule has 32 heavy (non-hydrogen) atoms. The molecule has 2 aliphatic rings. The van der Waals surface area contributed by atoms with Gasteiger partial charge in [-0.3, -0.25) is 9.59 Å². The molecule has 2 amide bonds. The monoisotopic (exact) mass is 433 g/mol. The topological polar surface area (TPSA) is 45.6 Å². The number of carbonyl (C=O) groups excluding carboxylic acids is 2. The fourth-order valence-electron chi connectivity index (χ4n) is 5.51. The van der Waals surface area contributed by atoms with E-state index in [1.165, 1.54) is 17.7 Å². The Bertz CT molecular complexity index is 1170. The average Bonchev–Trinajstić information content (AvgIpc) is 3.36. The second-order valence-electron chi connectivity index (χ2n) is 9.02. The Morgan fingerprint density at radius 1 is 1.03 bits per heavy atom. The van der Waals surface area contributed by atoms with Crippen LogP contribution >= 0.6 is 0 Å². The van der Waals surface area contributed by atoms with E-state index in [0.29, 0.717) is 37.0 Å². The molecule has 0 saturated carbocycles. The van der Waals surface area contributed by atoms with Crippen molar-refractivity contribution in [2.45, 2.75) is 37.6 Å². The lowest BCUT2D eigenvalue weighted by molar-refractivity contribution is -0.145. The molecule has 6 heteroatoms. The third-order valence-corrected chi connectivity index (χ3v) is 7.17. The van der Waals surface area contributed by atoms with Gasteiger partial charge in [-0.2, -0.15) is 0 Å². The largest absolute Gasteiger partial charge is 0.340 e. The van der Waals surface area contributed by atoms with Crippen LogP contribution in [-0.2, 0) is 18.3 Å². The second kappa shape index (κ2) is 8.08. The summed E-state index contributed by atoms with van der Waals surface area (Å²) >= 11 is 0. The number of halogens is 1. The molecule has 166 valence electrons. The molecule has 2 aliphatic heterocycles. The summed E-state index contributed by atoms with van der Waals surface area (Å²) in [5.41, 5.74) is 1.76. The first kappa shape index (κ1) is 20.7. The van der Waals surface area contributed by atoms with Gasteiger partial charge in [0.15, 0.2) is 0 Å². The molecule has 3 heterocycles. The number of aryl methyl sites for hydroxylation is 1. The van der Waals surface area contributed by atoms with Crippen LogP contribution in [0.25, 0.3) is 10.9 Å². The summed E-state index contributed by atoms with van der Waals surface area (Å²) in [5, 5.41) is 0.698. The van der Waals surface area contributed by atoms with E-state index in [1.807, 2.05) is 34.7 Å². The van der Waals surface area contributed by atoms with Gasteiger partial charge in [0, 0.05) is 37.6 Å². The quantitative estimate of drug-likeness (QED) is 0.620. The Balaban J connectivity index is 1.41. The minimum atomic E-state index is -0.756. The summed E-state index contributed by atoms with van der Waals surface area (Å²) in [6.07, 6.45) is 3.94. The molecular formula is C26H28FN3O2. The first-order valence-electron chi connectivity index (χ1n) is 11.4. The van der Waals surface area contributed by atoms with E-state index < -0.39 is 5.54 Å². The van der Waals surface area contributed by atoms with Gasteiger partial charge in [-0.1, -0.05) is 30.3 Å². The second-order valence-corrected chi connectivity index (χ2v) is 9.02. The molecule has 0 aliphatic carbocycles. The Labute approximate surface area is 187 Å². The van der Waals surface area contributed by atoms with Gasteiger partial charge in [0.25, 0.3) is 5.91 Å². The highest BCUT2D eigenvalue weighted by Crippen LogP contribution is 2.39. The van der Waals surface area contributed by atoms with Gasteiger partial charge < -0.3 is 14.4 Å². The molecule has 0 N–H and O–H groups in total. The summed E-state index contributed by atoms with van der Waals surface area (Å²) in [6.45, 7) is 1.98. The Hall–Kier alpha value is -3.15. The van der Waals surface area contributed by atoms with Crippen molar-refractivity contribution in [2.24, 2.45) is 7.05 Å². The minimum Gasteiger partial charge on any atom is -0.340 e. The highest BCUT2D eigenvalue weighted by molar-refractivity contribution is 6.02. The van der Waals surface area contributed by atoms with Crippen LogP contribution in [0.4, 0.5) is 4.39 Å². The minimum absolute atomic E-state index is 0.0790. The number of benzene rings is 2. The van der Waals surface area contributed by atoms with Gasteiger partial charge >= 0.3 is 0 Å². The molecule has 0 radical (unpaired) electrons. The van der Waals surface area contributed by atoms with Crippen LogP contribution in [0, 0.1) is 5.82 Å². The molecule has 5 rings (SSSR count). The van der Waals surface area contributed by atoms with Crippen molar-refractivity contribution in [3.05, 3.63) is 71.7 Å². The van der Waals surface area contributed by atoms with Gasteiger partial charge in [0.1, 0.15) is 17.1 Å². The maximum Gasteiger partial charge on any atom is 0.271 e. The number of piperidine rings is 1. The van der Waals surface area contributed by atoms with Crippen LogP contribution in [0.15, 0.2) is 54.6 Å². The van der Waals surface area contributed by atoms with E-state index in [1.54, 1.807) is 17.0 Å². The van der Waals surface area contributed by atoms with Crippen molar-refractivity contribution in [1.29, 1.82) is 0 Å². The Kier molecular flexibility index (Phi) is 5.24. The van der Waals surface area contributed by atoms with Crippen molar-refractivity contribution in [3.63, 3.8) is 0 Å². The number of likely N-dealkylation sites (tertiary alicyclic amines) is 2. The third kappa shape index (κ3) is 3.38. The summed E-state index contributed by atoms with van der Waals surface area (Å²) in [7, 11) is 1.82. The molecule has 3 aromatic rings. The number of nitrogens with zero attached hydrogens (tertiary/aromatic N) is 3. The van der Waals surface area contributed by atoms with Crippen LogP contribution < -0.4 is 0 Å². The van der Waals surface area contributed by atoms with E-state index in [9.17, 15) is 14.0 Å². The van der Waals surface area contributed by atoms with Crippen molar-refractivity contribution in [2.75, 3.05) is 19.6 Å². The zero-order valence-electron chi connectivity index (χ0n) is 18.4. The van der Waals surface area contributed by atoms with Gasteiger partial charge in [-0.25, -0.2) is 4.39 Å². The lowest BCUT2D eigenvalue weighted by Gasteiger charge is -2.44. The van der Waals surface area contributed by atoms with Gasteiger partial charge in [-0.15, -0.1) is 0 Å². The number of carbonyl (C=O) groups is 2. The van der Waals surface area contributed by atoms with Crippen LogP contribution in [-0.4, -0.2) is 51.4 Å². The van der Waals surface area contributed by atoms with E-state index >= 15 is 0 Å². The third-order valence-electron chi connectivity index (χ3n) is 7.17. The molecular weight excluding hydrogens is 405 g/mol. The number of aromatic nitrogens is 1. The zero-order valence-corrected chi connectivity index (χ0v) is 18.4. The highest BCUT2D eigenvalue weighted by Gasteiger charge is 2.53. The highest BCUT2D eigenvalue weighted by atomic mass is 19.1. The van der Waals surface area contributed by atoms with Crippen LogP contribution in [0.1, 0.15) is 41.7 Å². The van der Waals surface area contributed by atoms with Gasteiger partial charge in [0.2, 0.25) is 5.91 Å². The van der Waals surface area contributed by atoms with Crippen LogP contribution in [0.3, 0.4) is 0 Å². The Morgan fingerprint density at radius 3 is 2.56 bits per heavy atom. The van der Waals surface area contributed by atoms with Crippen molar-refractivity contribution >= 4 is 22.7 Å². The first-order chi connectivity index (χ1) is 15.5. The van der Waals surface area contributed by atoms with E-state index in [2.05, 4.69) is 12.1 Å². The molecule has 0 bridgehead atoms. The smallest absolute Gasteiger partial charge is 0.271 e. The standard InChI is InChI=1S/C26H28FN3O2/c1-28-22-10-9-21(27)17-20(22)18-23(28)24(31)30-15-6-13-26(30)12-5-14-29(25(26)32)16-11-19-7-3-2-4-8-19/h2-4,7-10,17-18H,5-6,11-16H2,1H3. The maximum atomic E-state index is 13.7. The first-order valence-corrected chi connectivity index (χ1v) is 11.4. The van der Waals surface area contributed by atoms with Crippen LogP contribution in [0.2, 0.25) is 0 Å². The van der Waals surface area contributed by atoms with Gasteiger partial charge in [-0.05, 0) is 61.9 Å². The Morgan fingerprint density at radius 2 is 1.78 bits per heavy atom. The summed E-state index contributed by atoms with van der Waals surface area (Å²) in [6, 6.07) is 16.5. The number of amides is 2. The normalized spacial score (nSPS) is 21.1. The number of rotatable bonds is 4. The summed E-state index contributed by atoms with van der Waals surface area (Å²) in [5.74, 6) is -0.383. The molecule has 2 fully saturated rings. The van der Waals surface area contributed by atoms with E-state index in [4.69, 9.17) is 0 Å². The van der Waals surface area contributed by atoms with Gasteiger partial charge in [0.05, 0.1) is 0 Å².